The molecule has 1 heterocycles. The number of aryl methyl sites for hydroxylation is 1. The molecule has 0 fully saturated rings. The molecule has 92 valence electrons. The summed E-state index contributed by atoms with van der Waals surface area (Å²) in [5.74, 6) is -0.920. The van der Waals surface area contributed by atoms with Crippen molar-refractivity contribution in [1.82, 2.24) is 9.97 Å². The first-order chi connectivity index (χ1) is 8.58. The van der Waals surface area contributed by atoms with Crippen LogP contribution in [0.25, 0.3) is 0 Å². The topological polar surface area (TPSA) is 63.1 Å². The lowest BCUT2D eigenvalue weighted by molar-refractivity contribution is 0.0696. The summed E-state index contributed by atoms with van der Waals surface area (Å²) in [5, 5.41) is 9.82. The van der Waals surface area contributed by atoms with Crippen LogP contribution < -0.4 is 0 Å². The first-order valence-electron chi connectivity index (χ1n) is 5.05. The maximum absolute atomic E-state index is 11.0. The Morgan fingerprint density at radius 2 is 2.22 bits per heavy atom. The lowest BCUT2D eigenvalue weighted by Gasteiger charge is -2.05. The number of halogens is 1. The zero-order chi connectivity index (χ0) is 13.1. The Bertz CT molecular complexity index is 604. The second-order valence-corrected chi connectivity index (χ2v) is 5.48. The van der Waals surface area contributed by atoms with Gasteiger partial charge in [-0.25, -0.2) is 14.8 Å². The van der Waals surface area contributed by atoms with Crippen LogP contribution in [-0.4, -0.2) is 21.0 Å². The third-order valence-electron chi connectivity index (χ3n) is 2.29. The van der Waals surface area contributed by atoms with Gasteiger partial charge in [0.25, 0.3) is 0 Å². The van der Waals surface area contributed by atoms with Crippen molar-refractivity contribution in [2.24, 2.45) is 0 Å². The molecule has 4 nitrogen and oxygen atoms in total. The van der Waals surface area contributed by atoms with Crippen molar-refractivity contribution in [2.75, 3.05) is 0 Å². The SMILES string of the molecule is Cc1ccc(Sc2ncncc2Br)cc1C(=O)O. The predicted molar refractivity (Wildman–Crippen MR) is 72.0 cm³/mol. The second kappa shape index (κ2) is 5.49. The molecule has 0 bridgehead atoms. The molecule has 1 aromatic heterocycles. The number of benzene rings is 1. The fourth-order valence-electron chi connectivity index (χ4n) is 1.38. The Hall–Kier alpha value is -1.40. The van der Waals surface area contributed by atoms with Gasteiger partial charge in [-0.1, -0.05) is 17.8 Å². The van der Waals surface area contributed by atoms with Crippen LogP contribution in [0, 0.1) is 6.92 Å². The summed E-state index contributed by atoms with van der Waals surface area (Å²) in [6.07, 6.45) is 3.11. The van der Waals surface area contributed by atoms with Crippen molar-refractivity contribution in [3.05, 3.63) is 46.3 Å². The van der Waals surface area contributed by atoms with E-state index in [-0.39, 0.29) is 0 Å². The van der Waals surface area contributed by atoms with Gasteiger partial charge < -0.3 is 5.11 Å². The molecule has 6 heteroatoms. The van der Waals surface area contributed by atoms with Crippen LogP contribution >= 0.6 is 27.7 Å². The maximum Gasteiger partial charge on any atom is 0.335 e. The van der Waals surface area contributed by atoms with E-state index in [0.717, 1.165) is 20.0 Å². The fourth-order valence-corrected chi connectivity index (χ4v) is 2.63. The van der Waals surface area contributed by atoms with Crippen molar-refractivity contribution < 1.29 is 9.90 Å². The quantitative estimate of drug-likeness (QED) is 0.877. The number of rotatable bonds is 3. The van der Waals surface area contributed by atoms with E-state index in [2.05, 4.69) is 25.9 Å². The number of aromatic carboxylic acids is 1. The molecular formula is C12H9BrN2O2S. The molecule has 0 amide bonds. The van der Waals surface area contributed by atoms with Crippen molar-refractivity contribution in [3.63, 3.8) is 0 Å². The average Bonchev–Trinajstić information content (AvgIpc) is 2.34. The van der Waals surface area contributed by atoms with Gasteiger partial charge in [-0.15, -0.1) is 0 Å². The Labute approximate surface area is 117 Å². The highest BCUT2D eigenvalue weighted by Gasteiger charge is 2.10. The Kier molecular flexibility index (Phi) is 3.98. The van der Waals surface area contributed by atoms with Gasteiger partial charge in [-0.05, 0) is 40.5 Å². The normalized spacial score (nSPS) is 10.3. The summed E-state index contributed by atoms with van der Waals surface area (Å²) in [6, 6.07) is 5.32. The van der Waals surface area contributed by atoms with Gasteiger partial charge in [-0.3, -0.25) is 0 Å². The van der Waals surface area contributed by atoms with Gasteiger partial charge in [0, 0.05) is 11.1 Å². The minimum absolute atomic E-state index is 0.310. The number of aromatic nitrogens is 2. The highest BCUT2D eigenvalue weighted by molar-refractivity contribution is 9.10. The molecule has 0 saturated carbocycles. The van der Waals surface area contributed by atoms with Gasteiger partial charge >= 0.3 is 5.97 Å². The number of nitrogens with zero attached hydrogens (tertiary/aromatic N) is 2. The third-order valence-corrected chi connectivity index (χ3v) is 4.14. The number of hydrogen-bond acceptors (Lipinski definition) is 4. The monoisotopic (exact) mass is 324 g/mol. The molecule has 1 N–H and O–H groups in total. The van der Waals surface area contributed by atoms with E-state index in [1.54, 1.807) is 25.3 Å². The standard InChI is InChI=1S/C12H9BrN2O2S/c1-7-2-3-8(4-9(7)12(16)17)18-11-10(13)5-14-6-15-11/h2-6H,1H3,(H,16,17). The minimum atomic E-state index is -0.920. The van der Waals surface area contributed by atoms with Crippen molar-refractivity contribution in [2.45, 2.75) is 16.8 Å². The number of carboxylic acids is 1. The summed E-state index contributed by atoms with van der Waals surface area (Å²) in [4.78, 5) is 19.9. The first-order valence-corrected chi connectivity index (χ1v) is 6.66. The molecule has 0 unspecified atom stereocenters. The van der Waals surface area contributed by atoms with Gasteiger partial charge in [0.1, 0.15) is 11.4 Å². The van der Waals surface area contributed by atoms with E-state index < -0.39 is 5.97 Å². The summed E-state index contributed by atoms with van der Waals surface area (Å²) in [5.41, 5.74) is 1.05. The molecule has 0 saturated heterocycles. The Morgan fingerprint density at radius 3 is 2.89 bits per heavy atom. The molecule has 0 spiro atoms. The molecule has 2 aromatic rings. The molecule has 0 atom stereocenters. The second-order valence-electron chi connectivity index (χ2n) is 3.56. The van der Waals surface area contributed by atoms with Crippen LogP contribution in [0.5, 0.6) is 0 Å². The van der Waals surface area contributed by atoms with Gasteiger partial charge in [0.15, 0.2) is 0 Å². The number of hydrogen-bond donors (Lipinski definition) is 1. The smallest absolute Gasteiger partial charge is 0.335 e. The summed E-state index contributed by atoms with van der Waals surface area (Å²) >= 11 is 4.75. The van der Waals surface area contributed by atoms with Crippen LogP contribution in [0.4, 0.5) is 0 Å². The Balaban J connectivity index is 2.33. The largest absolute Gasteiger partial charge is 0.478 e. The molecule has 0 aliphatic carbocycles. The molecule has 0 radical (unpaired) electrons. The van der Waals surface area contributed by atoms with Crippen molar-refractivity contribution >= 4 is 33.7 Å². The maximum atomic E-state index is 11.0. The highest BCUT2D eigenvalue weighted by atomic mass is 79.9. The van der Waals surface area contributed by atoms with Crippen LogP contribution in [0.3, 0.4) is 0 Å². The molecule has 18 heavy (non-hydrogen) atoms. The van der Waals surface area contributed by atoms with E-state index in [9.17, 15) is 4.79 Å². The van der Waals surface area contributed by atoms with Gasteiger partial charge in [-0.2, -0.15) is 0 Å². The van der Waals surface area contributed by atoms with Crippen molar-refractivity contribution in [1.29, 1.82) is 0 Å². The summed E-state index contributed by atoms with van der Waals surface area (Å²) < 4.78 is 0.785. The Morgan fingerprint density at radius 1 is 1.44 bits per heavy atom. The predicted octanol–water partition coefficient (Wildman–Crippen LogP) is 3.40. The number of carbonyl (C=O) groups is 1. The summed E-state index contributed by atoms with van der Waals surface area (Å²) in [7, 11) is 0. The zero-order valence-electron chi connectivity index (χ0n) is 9.42. The van der Waals surface area contributed by atoms with Crippen LogP contribution in [0.15, 0.2) is 45.1 Å². The zero-order valence-corrected chi connectivity index (χ0v) is 11.8. The minimum Gasteiger partial charge on any atom is -0.478 e. The van der Waals surface area contributed by atoms with Gasteiger partial charge in [0.2, 0.25) is 0 Å². The molecule has 1 aromatic carbocycles. The first kappa shape index (κ1) is 13.0. The lowest BCUT2D eigenvalue weighted by Crippen LogP contribution is -1.99. The molecule has 0 aliphatic rings. The lowest BCUT2D eigenvalue weighted by atomic mass is 10.1. The fraction of sp³-hybridized carbons (Fsp3) is 0.0833. The van der Waals surface area contributed by atoms with Crippen LogP contribution in [0.2, 0.25) is 0 Å². The average molecular weight is 325 g/mol. The van der Waals surface area contributed by atoms with E-state index in [4.69, 9.17) is 5.11 Å². The van der Waals surface area contributed by atoms with E-state index in [1.165, 1.54) is 18.1 Å². The van der Waals surface area contributed by atoms with E-state index in [1.807, 2.05) is 6.07 Å². The van der Waals surface area contributed by atoms with Gasteiger partial charge in [0.05, 0.1) is 10.0 Å². The van der Waals surface area contributed by atoms with Crippen LogP contribution in [0.1, 0.15) is 15.9 Å². The van der Waals surface area contributed by atoms with Crippen molar-refractivity contribution in [3.8, 4) is 0 Å². The number of carboxylic acid groups (broad SMARTS) is 1. The van der Waals surface area contributed by atoms with E-state index >= 15 is 0 Å². The third kappa shape index (κ3) is 2.88. The van der Waals surface area contributed by atoms with Crippen LogP contribution in [-0.2, 0) is 0 Å². The molecular weight excluding hydrogens is 316 g/mol. The molecule has 2 rings (SSSR count). The highest BCUT2D eigenvalue weighted by Crippen LogP contribution is 2.31. The van der Waals surface area contributed by atoms with E-state index in [0.29, 0.717) is 5.56 Å². The summed E-state index contributed by atoms with van der Waals surface area (Å²) in [6.45, 7) is 1.78. The molecule has 0 aliphatic heterocycles.